The third-order valence-corrected chi connectivity index (χ3v) is 8.14. The number of halogens is 3. The summed E-state index contributed by atoms with van der Waals surface area (Å²) in [5.41, 5.74) is 4.73. The molecule has 4 rings (SSSR count). The molecule has 1 atom stereocenters. The fourth-order valence-electron chi connectivity index (χ4n) is 3.94. The molecule has 0 saturated heterocycles. The Balaban J connectivity index is 2.03. The van der Waals surface area contributed by atoms with Crippen LogP contribution in [0.1, 0.15) is 28.5 Å². The monoisotopic (exact) mass is 534 g/mol. The normalized spacial score (nSPS) is 13.9. The van der Waals surface area contributed by atoms with Gasteiger partial charge >= 0.3 is 12.2 Å². The number of imidazole rings is 1. The summed E-state index contributed by atoms with van der Waals surface area (Å²) in [6.45, 7) is 0.413. The standard InChI is InChI=1S/C24H21F3N4O5S/c1-2-37(34,35)23(14-32,20-5-3-4-12-29-20)31-19-11-6-15(21(28)33)13-18(19)30-22(31)36-17-9-7-16(8-10-17)24(25,26)27/h3-13,32H,2,14H2,1H3,(H2,28,33). The lowest BCUT2D eigenvalue weighted by molar-refractivity contribution is -0.137. The summed E-state index contributed by atoms with van der Waals surface area (Å²) in [5, 5.41) is 10.7. The second-order valence-electron chi connectivity index (χ2n) is 7.98. The molecule has 2 heterocycles. The third-order valence-electron chi connectivity index (χ3n) is 5.83. The van der Waals surface area contributed by atoms with Crippen LogP contribution in [0.5, 0.6) is 11.8 Å². The minimum Gasteiger partial charge on any atom is -0.425 e. The van der Waals surface area contributed by atoms with Gasteiger partial charge in [-0.3, -0.25) is 14.3 Å². The van der Waals surface area contributed by atoms with Crippen LogP contribution < -0.4 is 10.5 Å². The van der Waals surface area contributed by atoms with Crippen LogP contribution >= 0.6 is 0 Å². The van der Waals surface area contributed by atoms with Crippen LogP contribution in [0.15, 0.2) is 66.9 Å². The molecule has 0 fully saturated rings. The number of alkyl halides is 3. The van der Waals surface area contributed by atoms with E-state index in [2.05, 4.69) is 9.97 Å². The Morgan fingerprint density at radius 2 is 1.81 bits per heavy atom. The van der Waals surface area contributed by atoms with Gasteiger partial charge in [0, 0.05) is 11.8 Å². The topological polar surface area (TPSA) is 137 Å². The third kappa shape index (κ3) is 4.51. The van der Waals surface area contributed by atoms with E-state index in [0.29, 0.717) is 0 Å². The van der Waals surface area contributed by atoms with E-state index in [1.807, 2.05) is 0 Å². The van der Waals surface area contributed by atoms with Crippen molar-refractivity contribution in [3.05, 3.63) is 83.7 Å². The van der Waals surface area contributed by atoms with E-state index < -0.39 is 44.7 Å². The summed E-state index contributed by atoms with van der Waals surface area (Å²) in [5.74, 6) is -1.26. The van der Waals surface area contributed by atoms with Crippen molar-refractivity contribution >= 4 is 26.8 Å². The first kappa shape index (κ1) is 26.1. The SMILES string of the molecule is CCS(=O)(=O)C(CO)(c1ccccn1)n1c(Oc2ccc(C(F)(F)F)cc2)nc2cc(C(N)=O)ccc21. The summed E-state index contributed by atoms with van der Waals surface area (Å²) in [6, 6.07) is 11.9. The average Bonchev–Trinajstić information content (AvgIpc) is 3.22. The number of hydrogen-bond donors (Lipinski definition) is 2. The lowest BCUT2D eigenvalue weighted by Crippen LogP contribution is -2.47. The molecule has 4 aromatic rings. The Hall–Kier alpha value is -3.97. The molecule has 194 valence electrons. The van der Waals surface area contributed by atoms with Gasteiger partial charge in [-0.25, -0.2) is 8.42 Å². The van der Waals surface area contributed by atoms with E-state index >= 15 is 0 Å². The number of sulfone groups is 1. The Morgan fingerprint density at radius 3 is 2.35 bits per heavy atom. The number of ether oxygens (including phenoxy) is 1. The first-order valence-electron chi connectivity index (χ1n) is 10.9. The summed E-state index contributed by atoms with van der Waals surface area (Å²) in [4.78, 5) is 18.0. The van der Waals surface area contributed by atoms with Gasteiger partial charge in [-0.1, -0.05) is 13.0 Å². The van der Waals surface area contributed by atoms with Gasteiger partial charge in [-0.05, 0) is 54.6 Å². The number of carbonyl (C=O) groups is 1. The maximum atomic E-state index is 13.6. The molecule has 9 nitrogen and oxygen atoms in total. The van der Waals surface area contributed by atoms with E-state index in [-0.39, 0.29) is 34.1 Å². The number of aliphatic hydroxyl groups excluding tert-OH is 1. The summed E-state index contributed by atoms with van der Waals surface area (Å²) in [7, 11) is -4.22. The molecule has 0 aliphatic rings. The minimum atomic E-state index is -4.57. The van der Waals surface area contributed by atoms with Crippen molar-refractivity contribution < 1.29 is 36.2 Å². The average molecular weight is 535 g/mol. The molecule has 0 radical (unpaired) electrons. The summed E-state index contributed by atoms with van der Waals surface area (Å²) in [6.07, 6.45) is -3.22. The van der Waals surface area contributed by atoms with E-state index in [1.165, 1.54) is 37.4 Å². The van der Waals surface area contributed by atoms with Crippen LogP contribution in [0.3, 0.4) is 0 Å². The number of nitrogens with two attached hydrogens (primary N) is 1. The number of nitrogens with zero attached hydrogens (tertiary/aromatic N) is 3. The molecular weight excluding hydrogens is 513 g/mol. The zero-order valence-electron chi connectivity index (χ0n) is 19.3. The lowest BCUT2D eigenvalue weighted by Gasteiger charge is -2.33. The van der Waals surface area contributed by atoms with Crippen LogP contribution in [0.25, 0.3) is 11.0 Å². The highest BCUT2D eigenvalue weighted by atomic mass is 32.2. The summed E-state index contributed by atoms with van der Waals surface area (Å²) < 4.78 is 73.2. The van der Waals surface area contributed by atoms with Gasteiger partial charge in [-0.2, -0.15) is 18.2 Å². The van der Waals surface area contributed by atoms with Gasteiger partial charge in [-0.15, -0.1) is 0 Å². The van der Waals surface area contributed by atoms with Gasteiger partial charge in [0.1, 0.15) is 5.75 Å². The van der Waals surface area contributed by atoms with E-state index in [9.17, 15) is 31.5 Å². The maximum absolute atomic E-state index is 13.6. The van der Waals surface area contributed by atoms with Crippen molar-refractivity contribution in [1.82, 2.24) is 14.5 Å². The number of rotatable bonds is 8. The van der Waals surface area contributed by atoms with E-state index in [1.54, 1.807) is 12.1 Å². The highest BCUT2D eigenvalue weighted by molar-refractivity contribution is 7.92. The predicted molar refractivity (Wildman–Crippen MR) is 128 cm³/mol. The minimum absolute atomic E-state index is 0.0464. The van der Waals surface area contributed by atoms with Crippen molar-refractivity contribution in [3.8, 4) is 11.8 Å². The number of primary amides is 1. The Kier molecular flexibility index (Phi) is 6.69. The highest BCUT2D eigenvalue weighted by Crippen LogP contribution is 2.40. The fourth-order valence-corrected chi connectivity index (χ4v) is 5.51. The fraction of sp³-hybridized carbons (Fsp3) is 0.208. The van der Waals surface area contributed by atoms with Crippen LogP contribution in [0.4, 0.5) is 13.2 Å². The van der Waals surface area contributed by atoms with Gasteiger partial charge in [0.05, 0.1) is 34.7 Å². The molecule has 1 unspecified atom stereocenters. The molecule has 0 bridgehead atoms. The number of hydrogen-bond acceptors (Lipinski definition) is 7. The molecule has 0 aliphatic heterocycles. The van der Waals surface area contributed by atoms with Gasteiger partial charge in [0.2, 0.25) is 10.8 Å². The van der Waals surface area contributed by atoms with Gasteiger partial charge in [0.25, 0.3) is 0 Å². The van der Waals surface area contributed by atoms with E-state index in [0.717, 1.165) is 28.8 Å². The molecule has 1 amide bonds. The largest absolute Gasteiger partial charge is 0.425 e. The number of fused-ring (bicyclic) bond motifs is 1. The van der Waals surface area contributed by atoms with Crippen molar-refractivity contribution in [1.29, 1.82) is 0 Å². The molecule has 37 heavy (non-hydrogen) atoms. The van der Waals surface area contributed by atoms with Crippen molar-refractivity contribution in [2.24, 2.45) is 5.73 Å². The number of aromatic nitrogens is 3. The van der Waals surface area contributed by atoms with Crippen LogP contribution in [0.2, 0.25) is 0 Å². The number of pyridine rings is 1. The molecule has 0 saturated carbocycles. The zero-order valence-corrected chi connectivity index (χ0v) is 20.1. The molecule has 0 aliphatic carbocycles. The predicted octanol–water partition coefficient (Wildman–Crippen LogP) is 3.47. The number of carbonyl (C=O) groups excluding carboxylic acids is 1. The van der Waals surface area contributed by atoms with Crippen LogP contribution in [-0.2, 0) is 20.9 Å². The molecule has 3 N–H and O–H groups in total. The smallest absolute Gasteiger partial charge is 0.416 e. The van der Waals surface area contributed by atoms with Gasteiger partial charge < -0.3 is 15.6 Å². The molecule has 13 heteroatoms. The quantitative estimate of drug-likeness (QED) is 0.353. The first-order valence-corrected chi connectivity index (χ1v) is 12.5. The molecule has 0 spiro atoms. The first-order chi connectivity index (χ1) is 17.4. The number of benzene rings is 2. The van der Waals surface area contributed by atoms with E-state index in [4.69, 9.17) is 10.5 Å². The Bertz CT molecular complexity index is 1560. The zero-order chi connectivity index (χ0) is 27.0. The number of aliphatic hydroxyl groups is 1. The second kappa shape index (κ2) is 9.48. The highest BCUT2D eigenvalue weighted by Gasteiger charge is 2.50. The van der Waals surface area contributed by atoms with Gasteiger partial charge in [0.15, 0.2) is 9.84 Å². The summed E-state index contributed by atoms with van der Waals surface area (Å²) >= 11 is 0. The van der Waals surface area contributed by atoms with Crippen LogP contribution in [0, 0.1) is 0 Å². The van der Waals surface area contributed by atoms with Crippen molar-refractivity contribution in [2.45, 2.75) is 18.0 Å². The lowest BCUT2D eigenvalue weighted by atomic mass is 10.1. The number of amides is 1. The van der Waals surface area contributed by atoms with Crippen molar-refractivity contribution in [2.75, 3.05) is 12.4 Å². The molecule has 2 aromatic heterocycles. The molecular formula is C24H21F3N4O5S. The second-order valence-corrected chi connectivity index (χ2v) is 10.5. The van der Waals surface area contributed by atoms with Crippen LogP contribution in [-0.4, -0.2) is 46.3 Å². The Labute approximate surface area is 209 Å². The van der Waals surface area contributed by atoms with Crippen molar-refractivity contribution in [3.63, 3.8) is 0 Å². The molecule has 2 aromatic carbocycles. The maximum Gasteiger partial charge on any atom is 0.416 e. The Morgan fingerprint density at radius 1 is 1.11 bits per heavy atom.